The number of aryl methyl sites for hydroxylation is 1. The number of carbonyl (C=O) groups is 1. The van der Waals surface area contributed by atoms with Crippen LogP contribution in [0.15, 0.2) is 48.5 Å². The largest absolute Gasteiger partial charge is 0.496 e. The standard InChI is InChI=1S/C23H30N2O2/c1-17-15-21(9-10-22(17)27-3)18(2)24-23(26)20-11-13-25(14-12-20)16-19-7-5-4-6-8-19/h4-10,15,18,20H,11-14,16H2,1-3H3,(H,24,26). The molecule has 0 radical (unpaired) electrons. The van der Waals surface area contributed by atoms with E-state index < -0.39 is 0 Å². The number of hydrogen-bond donors (Lipinski definition) is 1. The zero-order valence-electron chi connectivity index (χ0n) is 16.6. The Kier molecular flexibility index (Phi) is 6.51. The Labute approximate surface area is 162 Å². The molecular weight excluding hydrogens is 336 g/mol. The average molecular weight is 367 g/mol. The molecule has 0 bridgehead atoms. The van der Waals surface area contributed by atoms with Gasteiger partial charge in [-0.1, -0.05) is 42.5 Å². The predicted octanol–water partition coefficient (Wildman–Crippen LogP) is 4.09. The normalized spacial score (nSPS) is 16.7. The molecule has 2 aromatic rings. The van der Waals surface area contributed by atoms with E-state index in [4.69, 9.17) is 4.74 Å². The van der Waals surface area contributed by atoms with Crippen molar-refractivity contribution in [1.82, 2.24) is 10.2 Å². The van der Waals surface area contributed by atoms with E-state index in [1.807, 2.05) is 32.0 Å². The van der Waals surface area contributed by atoms with Crippen LogP contribution in [0.4, 0.5) is 0 Å². The van der Waals surface area contributed by atoms with E-state index in [0.717, 1.165) is 49.4 Å². The number of nitrogens with zero attached hydrogens (tertiary/aromatic N) is 1. The summed E-state index contributed by atoms with van der Waals surface area (Å²) in [5.74, 6) is 1.16. The number of nitrogens with one attached hydrogen (secondary N) is 1. The molecule has 4 nitrogen and oxygen atoms in total. The highest BCUT2D eigenvalue weighted by molar-refractivity contribution is 5.79. The summed E-state index contributed by atoms with van der Waals surface area (Å²) < 4.78 is 5.32. The number of ether oxygens (including phenoxy) is 1. The van der Waals surface area contributed by atoms with Crippen molar-refractivity contribution < 1.29 is 9.53 Å². The Morgan fingerprint density at radius 3 is 2.52 bits per heavy atom. The van der Waals surface area contributed by atoms with Gasteiger partial charge in [0.2, 0.25) is 5.91 Å². The first-order valence-electron chi connectivity index (χ1n) is 9.78. The van der Waals surface area contributed by atoms with Gasteiger partial charge in [0.15, 0.2) is 0 Å². The van der Waals surface area contributed by atoms with E-state index in [2.05, 4.69) is 40.5 Å². The van der Waals surface area contributed by atoms with Crippen LogP contribution in [0.3, 0.4) is 0 Å². The topological polar surface area (TPSA) is 41.6 Å². The Balaban J connectivity index is 1.49. The van der Waals surface area contributed by atoms with E-state index >= 15 is 0 Å². The molecule has 1 aliphatic heterocycles. The van der Waals surface area contributed by atoms with Crippen molar-refractivity contribution in [2.75, 3.05) is 20.2 Å². The molecule has 1 heterocycles. The van der Waals surface area contributed by atoms with E-state index in [1.165, 1.54) is 5.56 Å². The Morgan fingerprint density at radius 2 is 1.89 bits per heavy atom. The number of hydrogen-bond acceptors (Lipinski definition) is 3. The van der Waals surface area contributed by atoms with E-state index in [-0.39, 0.29) is 17.9 Å². The molecule has 1 fully saturated rings. The van der Waals surface area contributed by atoms with Gasteiger partial charge >= 0.3 is 0 Å². The summed E-state index contributed by atoms with van der Waals surface area (Å²) in [6.45, 7) is 6.99. The SMILES string of the molecule is COc1ccc(C(C)NC(=O)C2CCN(Cc3ccccc3)CC2)cc1C. The summed E-state index contributed by atoms with van der Waals surface area (Å²) in [6.07, 6.45) is 1.85. The first-order valence-corrected chi connectivity index (χ1v) is 9.78. The summed E-state index contributed by atoms with van der Waals surface area (Å²) >= 11 is 0. The van der Waals surface area contributed by atoms with Gasteiger partial charge in [-0.3, -0.25) is 9.69 Å². The Hall–Kier alpha value is -2.33. The quantitative estimate of drug-likeness (QED) is 0.837. The molecule has 0 saturated carbocycles. The summed E-state index contributed by atoms with van der Waals surface area (Å²) in [7, 11) is 1.68. The maximum absolute atomic E-state index is 12.7. The summed E-state index contributed by atoms with van der Waals surface area (Å²) in [4.78, 5) is 15.1. The van der Waals surface area contributed by atoms with Gasteiger partial charge in [0.1, 0.15) is 5.75 Å². The molecule has 1 unspecified atom stereocenters. The van der Waals surface area contributed by atoms with Crippen molar-refractivity contribution in [2.45, 2.75) is 39.3 Å². The van der Waals surface area contributed by atoms with Gasteiger partial charge in [-0.15, -0.1) is 0 Å². The molecule has 27 heavy (non-hydrogen) atoms. The van der Waals surface area contributed by atoms with Gasteiger partial charge in [-0.25, -0.2) is 0 Å². The minimum atomic E-state index is 0.00412. The second-order valence-electron chi connectivity index (χ2n) is 7.50. The lowest BCUT2D eigenvalue weighted by atomic mass is 9.94. The van der Waals surface area contributed by atoms with Gasteiger partial charge < -0.3 is 10.1 Å². The fourth-order valence-corrected chi connectivity index (χ4v) is 3.78. The van der Waals surface area contributed by atoms with Crippen LogP contribution in [0.2, 0.25) is 0 Å². The lowest BCUT2D eigenvalue weighted by Gasteiger charge is -2.32. The molecule has 1 amide bonds. The molecule has 144 valence electrons. The third-order valence-corrected chi connectivity index (χ3v) is 5.49. The second-order valence-corrected chi connectivity index (χ2v) is 7.50. The van der Waals surface area contributed by atoms with Gasteiger partial charge in [0.05, 0.1) is 13.2 Å². The molecule has 1 aliphatic rings. The number of piperidine rings is 1. The molecule has 3 rings (SSSR count). The predicted molar refractivity (Wildman–Crippen MR) is 109 cm³/mol. The first kappa shape index (κ1) is 19.4. The van der Waals surface area contributed by atoms with E-state index in [0.29, 0.717) is 0 Å². The van der Waals surface area contributed by atoms with Crippen LogP contribution in [-0.4, -0.2) is 31.0 Å². The monoisotopic (exact) mass is 366 g/mol. The molecule has 1 atom stereocenters. The smallest absolute Gasteiger partial charge is 0.223 e. The zero-order valence-corrected chi connectivity index (χ0v) is 16.6. The van der Waals surface area contributed by atoms with Crippen LogP contribution in [0.5, 0.6) is 5.75 Å². The lowest BCUT2D eigenvalue weighted by molar-refractivity contribution is -0.127. The number of carbonyl (C=O) groups excluding carboxylic acids is 1. The van der Waals surface area contributed by atoms with Crippen molar-refractivity contribution in [3.05, 3.63) is 65.2 Å². The summed E-state index contributed by atoms with van der Waals surface area (Å²) in [6, 6.07) is 16.6. The van der Waals surface area contributed by atoms with Gasteiger partial charge in [-0.05, 0) is 62.5 Å². The average Bonchev–Trinajstić information content (AvgIpc) is 2.69. The molecule has 4 heteroatoms. The van der Waals surface area contributed by atoms with Crippen LogP contribution in [0, 0.1) is 12.8 Å². The van der Waals surface area contributed by atoms with Crippen molar-refractivity contribution in [3.8, 4) is 5.75 Å². The number of amides is 1. The first-order chi connectivity index (χ1) is 13.1. The third kappa shape index (κ3) is 5.10. The summed E-state index contributed by atoms with van der Waals surface area (Å²) in [5.41, 5.74) is 3.54. The molecule has 1 saturated heterocycles. The number of likely N-dealkylation sites (tertiary alicyclic amines) is 1. The third-order valence-electron chi connectivity index (χ3n) is 5.49. The highest BCUT2D eigenvalue weighted by Gasteiger charge is 2.26. The minimum absolute atomic E-state index is 0.00412. The highest BCUT2D eigenvalue weighted by Crippen LogP contribution is 2.24. The van der Waals surface area contributed by atoms with Gasteiger partial charge in [-0.2, -0.15) is 0 Å². The fourth-order valence-electron chi connectivity index (χ4n) is 3.78. The van der Waals surface area contributed by atoms with Crippen molar-refractivity contribution in [3.63, 3.8) is 0 Å². The number of rotatable bonds is 6. The highest BCUT2D eigenvalue weighted by atomic mass is 16.5. The minimum Gasteiger partial charge on any atom is -0.496 e. The molecule has 1 N–H and O–H groups in total. The molecule has 0 spiro atoms. The molecular formula is C23H30N2O2. The summed E-state index contributed by atoms with van der Waals surface area (Å²) in [5, 5.41) is 3.20. The molecule has 2 aromatic carbocycles. The van der Waals surface area contributed by atoms with Crippen molar-refractivity contribution in [1.29, 1.82) is 0 Å². The van der Waals surface area contributed by atoms with Gasteiger partial charge in [0, 0.05) is 12.5 Å². The van der Waals surface area contributed by atoms with E-state index in [1.54, 1.807) is 7.11 Å². The van der Waals surface area contributed by atoms with Crippen LogP contribution < -0.4 is 10.1 Å². The Morgan fingerprint density at radius 1 is 1.19 bits per heavy atom. The molecule has 0 aromatic heterocycles. The maximum atomic E-state index is 12.7. The van der Waals surface area contributed by atoms with Crippen LogP contribution in [0.25, 0.3) is 0 Å². The zero-order chi connectivity index (χ0) is 19.2. The van der Waals surface area contributed by atoms with Crippen LogP contribution in [0.1, 0.15) is 42.5 Å². The van der Waals surface area contributed by atoms with Crippen molar-refractivity contribution >= 4 is 5.91 Å². The van der Waals surface area contributed by atoms with Crippen LogP contribution in [-0.2, 0) is 11.3 Å². The van der Waals surface area contributed by atoms with Gasteiger partial charge in [0.25, 0.3) is 0 Å². The van der Waals surface area contributed by atoms with Crippen molar-refractivity contribution in [2.24, 2.45) is 5.92 Å². The fraction of sp³-hybridized carbons (Fsp3) is 0.435. The second kappa shape index (κ2) is 9.05. The maximum Gasteiger partial charge on any atom is 0.223 e. The van der Waals surface area contributed by atoms with Crippen LogP contribution >= 0.6 is 0 Å². The number of benzene rings is 2. The Bertz CT molecular complexity index is 752. The number of methoxy groups -OCH3 is 1. The van der Waals surface area contributed by atoms with E-state index in [9.17, 15) is 4.79 Å². The lowest BCUT2D eigenvalue weighted by Crippen LogP contribution is -2.40. The molecule has 0 aliphatic carbocycles.